The van der Waals surface area contributed by atoms with Gasteiger partial charge >= 0.3 is 5.97 Å². The molecule has 1 saturated heterocycles. The van der Waals surface area contributed by atoms with E-state index < -0.39 is 21.4 Å². The van der Waals surface area contributed by atoms with Crippen LogP contribution in [0.1, 0.15) is 48.2 Å². The molecule has 0 spiro atoms. The van der Waals surface area contributed by atoms with Crippen LogP contribution in [0.2, 0.25) is 31.7 Å². The van der Waals surface area contributed by atoms with Crippen molar-refractivity contribution in [3.05, 3.63) is 89.5 Å². The Hall–Kier alpha value is -2.99. The van der Waals surface area contributed by atoms with Gasteiger partial charge in [-0.2, -0.15) is 5.26 Å². The van der Waals surface area contributed by atoms with Gasteiger partial charge in [-0.15, -0.1) is 0 Å². The summed E-state index contributed by atoms with van der Waals surface area (Å²) in [4.78, 5) is 13.0. The predicted octanol–water partition coefficient (Wildman–Crippen LogP) is 7.94. The van der Waals surface area contributed by atoms with Gasteiger partial charge in [0.2, 0.25) is 0 Å². The maximum atomic E-state index is 13.0. The highest BCUT2D eigenvalue weighted by Crippen LogP contribution is 2.41. The van der Waals surface area contributed by atoms with E-state index >= 15 is 0 Å². The van der Waals surface area contributed by atoms with Gasteiger partial charge in [0.05, 0.1) is 30.4 Å². The highest BCUT2D eigenvalue weighted by atomic mass is 29.3. The van der Waals surface area contributed by atoms with Crippen molar-refractivity contribution in [2.75, 3.05) is 0 Å². The van der Waals surface area contributed by atoms with Crippen molar-refractivity contribution in [2.45, 2.75) is 70.4 Å². The van der Waals surface area contributed by atoms with Crippen LogP contribution in [0, 0.1) is 11.3 Å². The summed E-state index contributed by atoms with van der Waals surface area (Å²) in [5.41, 5.74) is 3.94. The van der Waals surface area contributed by atoms with Crippen LogP contribution in [-0.2, 0) is 10.8 Å². The quantitative estimate of drug-likeness (QED) is 0.178. The van der Waals surface area contributed by atoms with Crippen molar-refractivity contribution in [3.63, 3.8) is 0 Å². The fraction of sp³-hybridized carbons (Fsp3) is 0.355. The van der Waals surface area contributed by atoms with Crippen LogP contribution >= 0.6 is 0 Å². The Morgan fingerprint density at radius 3 is 2.38 bits per heavy atom. The van der Waals surface area contributed by atoms with Gasteiger partial charge in [0, 0.05) is 5.56 Å². The van der Waals surface area contributed by atoms with Crippen LogP contribution in [-0.4, -0.2) is 27.0 Å². The van der Waals surface area contributed by atoms with Crippen LogP contribution in [0.15, 0.2) is 72.8 Å². The highest BCUT2D eigenvalue weighted by molar-refractivity contribution is 7.38. The number of carbonyl (C=O) groups is 1. The molecule has 1 aliphatic heterocycles. The molecule has 0 amide bonds. The zero-order valence-electron chi connectivity index (χ0n) is 22.6. The number of hydrogen-bond donors (Lipinski definition) is 0. The number of benzene rings is 3. The third-order valence-corrected chi connectivity index (χ3v) is 25.4. The minimum absolute atomic E-state index is 0.0322. The van der Waals surface area contributed by atoms with Crippen LogP contribution in [0.5, 0.6) is 5.75 Å². The van der Waals surface area contributed by atoms with Crippen molar-refractivity contribution < 1.29 is 14.0 Å². The Kier molecular flexibility index (Phi) is 7.89. The molecule has 0 saturated carbocycles. The lowest BCUT2D eigenvalue weighted by Gasteiger charge is -2.51. The molecule has 37 heavy (non-hydrogen) atoms. The number of nitriles is 1. The molecule has 1 fully saturated rings. The van der Waals surface area contributed by atoms with E-state index in [4.69, 9.17) is 9.16 Å². The Balaban J connectivity index is 1.40. The fourth-order valence-corrected chi connectivity index (χ4v) is 16.7. The van der Waals surface area contributed by atoms with E-state index in [-0.39, 0.29) is 5.60 Å². The monoisotopic (exact) mass is 527 g/mol. The summed E-state index contributed by atoms with van der Waals surface area (Å²) >= 11 is 0. The Labute approximate surface area is 223 Å². The summed E-state index contributed by atoms with van der Waals surface area (Å²) in [6, 6.07) is 27.5. The summed E-state index contributed by atoms with van der Waals surface area (Å²) in [6.07, 6.45) is 3.34. The minimum Gasteiger partial charge on any atom is -0.422 e. The summed E-state index contributed by atoms with van der Waals surface area (Å²) in [7, 11) is -3.06. The number of rotatable bonds is 7. The molecule has 3 aromatic carbocycles. The molecule has 4 rings (SSSR count). The predicted molar refractivity (Wildman–Crippen MR) is 155 cm³/mol. The van der Waals surface area contributed by atoms with Crippen molar-refractivity contribution in [3.8, 4) is 22.9 Å². The first-order valence-electron chi connectivity index (χ1n) is 13.1. The second kappa shape index (κ2) is 10.8. The first kappa shape index (κ1) is 27.1. The molecule has 1 atom stereocenters. The smallest absolute Gasteiger partial charge is 0.343 e. The standard InChI is InChI=1S/C31H37NO3Si2/c1-31(2)19-21-37(5,36(3,4)35-31)20-9-10-24-13-16-27(17-14-24)30(33)34-29-22-25(23-32)15-18-28(29)26-11-7-6-8-12-26/h6-8,11-18,22H,9-10,19-21H2,1-5H3. The maximum Gasteiger partial charge on any atom is 0.343 e. The van der Waals surface area contributed by atoms with Gasteiger partial charge in [0.25, 0.3) is 0 Å². The first-order valence-corrected chi connectivity index (χ1v) is 20.0. The fourth-order valence-electron chi connectivity index (χ4n) is 5.35. The number of aryl methyl sites for hydroxylation is 1. The molecule has 4 nitrogen and oxygen atoms in total. The van der Waals surface area contributed by atoms with Crippen molar-refractivity contribution >= 4 is 21.4 Å². The average Bonchev–Trinajstić information content (AvgIpc) is 2.87. The molecule has 0 bridgehead atoms. The lowest BCUT2D eigenvalue weighted by molar-refractivity contribution is 0.0735. The van der Waals surface area contributed by atoms with E-state index in [0.29, 0.717) is 16.9 Å². The van der Waals surface area contributed by atoms with Gasteiger partial charge < -0.3 is 9.16 Å². The third kappa shape index (κ3) is 6.30. The second-order valence-corrected chi connectivity index (χ2v) is 26.1. The van der Waals surface area contributed by atoms with Crippen LogP contribution < -0.4 is 4.74 Å². The summed E-state index contributed by atoms with van der Waals surface area (Å²) in [5, 5.41) is 9.33. The zero-order chi connectivity index (χ0) is 26.7. The lowest BCUT2D eigenvalue weighted by atomic mass is 10.0. The number of esters is 1. The van der Waals surface area contributed by atoms with E-state index in [0.717, 1.165) is 24.0 Å². The topological polar surface area (TPSA) is 59.3 Å². The second-order valence-electron chi connectivity index (χ2n) is 11.6. The average molecular weight is 528 g/mol. The van der Waals surface area contributed by atoms with Crippen LogP contribution in [0.4, 0.5) is 0 Å². The highest BCUT2D eigenvalue weighted by Gasteiger charge is 2.52. The molecule has 0 radical (unpaired) electrons. The molecule has 6 heteroatoms. The van der Waals surface area contributed by atoms with Gasteiger partial charge in [-0.25, -0.2) is 4.79 Å². The third-order valence-electron chi connectivity index (χ3n) is 8.05. The molecule has 1 heterocycles. The van der Waals surface area contributed by atoms with E-state index in [1.165, 1.54) is 24.1 Å². The Bertz CT molecular complexity index is 1300. The van der Waals surface area contributed by atoms with Crippen molar-refractivity contribution in [1.29, 1.82) is 5.26 Å². The van der Waals surface area contributed by atoms with Crippen LogP contribution in [0.25, 0.3) is 11.1 Å². The lowest BCUT2D eigenvalue weighted by Crippen LogP contribution is -2.65. The zero-order valence-corrected chi connectivity index (χ0v) is 24.6. The molecular weight excluding hydrogens is 491 g/mol. The van der Waals surface area contributed by atoms with E-state index in [1.54, 1.807) is 12.1 Å². The number of hydrogen-bond acceptors (Lipinski definition) is 4. The SMILES string of the molecule is CC1(C)CC[Si](C)(CCCc2ccc(C(=O)Oc3cc(C#N)ccc3-c3ccccc3)cc2)[Si](C)(C)O1. The number of nitrogens with zero attached hydrogens (tertiary/aromatic N) is 1. The normalized spacial score (nSPS) is 20.1. The largest absolute Gasteiger partial charge is 0.422 e. The molecular formula is C31H37NO3Si2. The summed E-state index contributed by atoms with van der Waals surface area (Å²) in [6.45, 7) is 11.9. The molecule has 192 valence electrons. The van der Waals surface area contributed by atoms with E-state index in [9.17, 15) is 10.1 Å². The number of carbonyl (C=O) groups excluding carboxylic acids is 1. The molecule has 1 aliphatic rings. The molecule has 3 aromatic rings. The van der Waals surface area contributed by atoms with Gasteiger partial charge in [-0.05, 0) is 81.2 Å². The van der Waals surface area contributed by atoms with Crippen LogP contribution in [0.3, 0.4) is 0 Å². The molecule has 0 aliphatic carbocycles. The molecule has 0 N–H and O–H groups in total. The van der Waals surface area contributed by atoms with Crippen molar-refractivity contribution in [2.24, 2.45) is 0 Å². The van der Waals surface area contributed by atoms with Crippen molar-refractivity contribution in [1.82, 2.24) is 0 Å². The van der Waals surface area contributed by atoms with Gasteiger partial charge in [0.1, 0.15) is 5.75 Å². The minimum atomic E-state index is -1.66. The van der Waals surface area contributed by atoms with Gasteiger partial charge in [0.15, 0.2) is 7.83 Å². The number of ether oxygens (including phenoxy) is 1. The van der Waals surface area contributed by atoms with E-state index in [1.807, 2.05) is 60.7 Å². The van der Waals surface area contributed by atoms with E-state index in [2.05, 4.69) is 39.6 Å². The maximum absolute atomic E-state index is 13.0. The summed E-state index contributed by atoms with van der Waals surface area (Å²) < 4.78 is 12.4. The first-order chi connectivity index (χ1) is 17.5. The van der Waals surface area contributed by atoms with Gasteiger partial charge in [-0.3, -0.25) is 0 Å². The molecule has 0 aromatic heterocycles. The Morgan fingerprint density at radius 2 is 1.73 bits per heavy atom. The Morgan fingerprint density at radius 1 is 1.03 bits per heavy atom. The summed E-state index contributed by atoms with van der Waals surface area (Å²) in [5.74, 6) is -0.0318. The molecule has 1 unspecified atom stereocenters. The van der Waals surface area contributed by atoms with Gasteiger partial charge in [-0.1, -0.05) is 67.5 Å².